The van der Waals surface area contributed by atoms with Gasteiger partial charge in [0.1, 0.15) is 5.71 Å². The molecule has 6 nitrogen and oxygen atoms in total. The standard InChI is InChI=1S/C19H30N6S3/c1-6-24(7-2)18(27)22-20-14(5)17(15-10-12-16(26)13-11-15)21-23-19(28)25(8-3)9-4/h10-13,26H,6-9H2,1-5H3,(H,22,27)(H,23,28). The molecule has 0 unspecified atom stereocenters. The number of nitrogens with zero attached hydrogens (tertiary/aromatic N) is 4. The molecule has 0 radical (unpaired) electrons. The van der Waals surface area contributed by atoms with Crippen molar-refractivity contribution in [2.24, 2.45) is 10.2 Å². The first-order valence-electron chi connectivity index (χ1n) is 9.39. The minimum atomic E-state index is 0.577. The highest BCUT2D eigenvalue weighted by molar-refractivity contribution is 7.80. The smallest absolute Gasteiger partial charge is 0.189 e. The van der Waals surface area contributed by atoms with Gasteiger partial charge in [-0.25, -0.2) is 0 Å². The predicted molar refractivity (Wildman–Crippen MR) is 131 cm³/mol. The average molecular weight is 439 g/mol. The first kappa shape index (κ1) is 24.3. The largest absolute Gasteiger partial charge is 0.348 e. The van der Waals surface area contributed by atoms with Gasteiger partial charge < -0.3 is 9.80 Å². The Hall–Kier alpha value is -1.71. The number of thiol groups is 1. The van der Waals surface area contributed by atoms with Crippen molar-refractivity contribution in [3.8, 4) is 0 Å². The molecule has 0 saturated carbocycles. The van der Waals surface area contributed by atoms with E-state index in [0.717, 1.165) is 36.6 Å². The minimum Gasteiger partial charge on any atom is -0.348 e. The molecule has 28 heavy (non-hydrogen) atoms. The Bertz CT molecular complexity index is 707. The second-order valence-electron chi connectivity index (χ2n) is 5.88. The molecule has 1 aromatic rings. The molecular formula is C19H30N6S3. The minimum absolute atomic E-state index is 0.577. The highest BCUT2D eigenvalue weighted by atomic mass is 32.1. The summed E-state index contributed by atoms with van der Waals surface area (Å²) in [6.07, 6.45) is 0. The van der Waals surface area contributed by atoms with Crippen LogP contribution in [-0.2, 0) is 0 Å². The van der Waals surface area contributed by atoms with Crippen LogP contribution in [0.5, 0.6) is 0 Å². The van der Waals surface area contributed by atoms with Crippen LogP contribution in [0.4, 0.5) is 0 Å². The van der Waals surface area contributed by atoms with Crippen LogP contribution < -0.4 is 10.9 Å². The van der Waals surface area contributed by atoms with E-state index in [-0.39, 0.29) is 0 Å². The summed E-state index contributed by atoms with van der Waals surface area (Å²) < 4.78 is 0. The quantitative estimate of drug-likeness (QED) is 0.250. The molecule has 0 amide bonds. The van der Waals surface area contributed by atoms with Gasteiger partial charge in [-0.1, -0.05) is 12.1 Å². The molecule has 154 valence electrons. The first-order valence-corrected chi connectivity index (χ1v) is 10.7. The lowest BCUT2D eigenvalue weighted by molar-refractivity contribution is 0.457. The fourth-order valence-corrected chi connectivity index (χ4v) is 3.18. The van der Waals surface area contributed by atoms with Crippen LogP contribution in [0.15, 0.2) is 39.4 Å². The molecule has 0 aliphatic carbocycles. The lowest BCUT2D eigenvalue weighted by Gasteiger charge is -2.21. The van der Waals surface area contributed by atoms with Crippen molar-refractivity contribution in [3.63, 3.8) is 0 Å². The zero-order valence-corrected chi connectivity index (χ0v) is 19.7. The van der Waals surface area contributed by atoms with Gasteiger partial charge in [-0.2, -0.15) is 10.2 Å². The van der Waals surface area contributed by atoms with Crippen molar-refractivity contribution >= 4 is 58.7 Å². The molecule has 0 spiro atoms. The van der Waals surface area contributed by atoms with Gasteiger partial charge in [-0.3, -0.25) is 10.9 Å². The van der Waals surface area contributed by atoms with E-state index in [9.17, 15) is 0 Å². The van der Waals surface area contributed by atoms with Crippen molar-refractivity contribution < 1.29 is 0 Å². The summed E-state index contributed by atoms with van der Waals surface area (Å²) in [7, 11) is 0. The number of hydrogen-bond acceptors (Lipinski definition) is 5. The topological polar surface area (TPSA) is 55.3 Å². The molecule has 0 aliphatic heterocycles. The van der Waals surface area contributed by atoms with Crippen LogP contribution in [0.1, 0.15) is 40.2 Å². The fourth-order valence-electron chi connectivity index (χ4n) is 2.43. The molecule has 1 rings (SSSR count). The summed E-state index contributed by atoms with van der Waals surface area (Å²) in [4.78, 5) is 4.92. The summed E-state index contributed by atoms with van der Waals surface area (Å²) in [6, 6.07) is 7.73. The van der Waals surface area contributed by atoms with Gasteiger partial charge in [-0.05, 0) is 71.2 Å². The van der Waals surface area contributed by atoms with Gasteiger partial charge in [0.25, 0.3) is 0 Å². The van der Waals surface area contributed by atoms with Crippen molar-refractivity contribution in [1.82, 2.24) is 20.7 Å². The third-order valence-corrected chi connectivity index (χ3v) is 5.16. The Morgan fingerprint density at radius 3 is 1.71 bits per heavy atom. The molecule has 2 N–H and O–H groups in total. The average Bonchev–Trinajstić information content (AvgIpc) is 2.69. The number of rotatable bonds is 8. The summed E-state index contributed by atoms with van der Waals surface area (Å²) in [6.45, 7) is 13.4. The molecule has 0 heterocycles. The van der Waals surface area contributed by atoms with Gasteiger partial charge in [0.15, 0.2) is 10.2 Å². The van der Waals surface area contributed by atoms with Crippen molar-refractivity contribution in [1.29, 1.82) is 0 Å². The number of thiocarbonyl (C=S) groups is 2. The monoisotopic (exact) mass is 438 g/mol. The van der Waals surface area contributed by atoms with E-state index >= 15 is 0 Å². The summed E-state index contributed by atoms with van der Waals surface area (Å²) in [5.41, 5.74) is 8.22. The normalized spacial score (nSPS) is 11.8. The van der Waals surface area contributed by atoms with Gasteiger partial charge in [0.2, 0.25) is 0 Å². The van der Waals surface area contributed by atoms with Crippen molar-refractivity contribution in [2.75, 3.05) is 26.2 Å². The fraction of sp³-hybridized carbons (Fsp3) is 0.474. The van der Waals surface area contributed by atoms with Gasteiger partial charge >= 0.3 is 0 Å². The van der Waals surface area contributed by atoms with E-state index in [0.29, 0.717) is 21.6 Å². The summed E-state index contributed by atoms with van der Waals surface area (Å²) in [5, 5.41) is 10.1. The zero-order chi connectivity index (χ0) is 21.1. The van der Waals surface area contributed by atoms with E-state index in [1.165, 1.54) is 0 Å². The lowest BCUT2D eigenvalue weighted by Crippen LogP contribution is -2.39. The van der Waals surface area contributed by atoms with Crippen LogP contribution in [0, 0.1) is 0 Å². The third kappa shape index (κ3) is 7.37. The third-order valence-electron chi connectivity index (χ3n) is 4.17. The highest BCUT2D eigenvalue weighted by Crippen LogP contribution is 2.10. The van der Waals surface area contributed by atoms with Crippen LogP contribution >= 0.6 is 37.1 Å². The van der Waals surface area contributed by atoms with Gasteiger partial charge in [-0.15, -0.1) is 12.6 Å². The van der Waals surface area contributed by atoms with Crippen molar-refractivity contribution in [3.05, 3.63) is 29.8 Å². The van der Waals surface area contributed by atoms with Crippen LogP contribution in [0.3, 0.4) is 0 Å². The van der Waals surface area contributed by atoms with E-state index in [1.807, 2.05) is 41.0 Å². The summed E-state index contributed by atoms with van der Waals surface area (Å²) >= 11 is 15.2. The molecule has 0 fully saturated rings. The lowest BCUT2D eigenvalue weighted by atomic mass is 10.1. The Morgan fingerprint density at radius 1 is 0.857 bits per heavy atom. The highest BCUT2D eigenvalue weighted by Gasteiger charge is 2.11. The van der Waals surface area contributed by atoms with E-state index in [1.54, 1.807) is 0 Å². The number of nitrogens with one attached hydrogen (secondary N) is 2. The van der Waals surface area contributed by atoms with Crippen LogP contribution in [0.2, 0.25) is 0 Å². The number of hydrogen-bond donors (Lipinski definition) is 3. The molecule has 1 aromatic carbocycles. The van der Waals surface area contributed by atoms with Crippen LogP contribution in [0.25, 0.3) is 0 Å². The first-order chi connectivity index (χ1) is 13.4. The number of benzene rings is 1. The second kappa shape index (κ2) is 12.7. The SMILES string of the molecule is CCN(CC)C(=S)NN=C(C)C(=NNC(=S)N(CC)CC)c1ccc(S)cc1. The molecule has 0 atom stereocenters. The maximum atomic E-state index is 5.43. The Labute approximate surface area is 184 Å². The molecular weight excluding hydrogens is 408 g/mol. The molecule has 0 bridgehead atoms. The van der Waals surface area contributed by atoms with Crippen molar-refractivity contribution in [2.45, 2.75) is 39.5 Å². The Morgan fingerprint density at radius 2 is 1.29 bits per heavy atom. The predicted octanol–water partition coefficient (Wildman–Crippen LogP) is 3.49. The van der Waals surface area contributed by atoms with E-state index < -0.39 is 0 Å². The maximum absolute atomic E-state index is 5.43. The van der Waals surface area contributed by atoms with Gasteiger partial charge in [0.05, 0.1) is 5.71 Å². The van der Waals surface area contributed by atoms with Crippen LogP contribution in [-0.4, -0.2) is 57.6 Å². The molecule has 0 saturated heterocycles. The van der Waals surface area contributed by atoms with E-state index in [4.69, 9.17) is 24.4 Å². The maximum Gasteiger partial charge on any atom is 0.189 e. The number of hydrazone groups is 2. The Kier molecular flexibility index (Phi) is 11.0. The van der Waals surface area contributed by atoms with E-state index in [2.05, 4.69) is 61.4 Å². The molecule has 0 aliphatic rings. The van der Waals surface area contributed by atoms with Gasteiger partial charge in [0, 0.05) is 36.6 Å². The molecule has 9 heteroatoms. The zero-order valence-electron chi connectivity index (χ0n) is 17.2. The second-order valence-corrected chi connectivity index (χ2v) is 7.17. The Balaban J connectivity index is 3.11. The summed E-state index contributed by atoms with van der Waals surface area (Å²) in [5.74, 6) is 0. The molecule has 0 aromatic heterocycles.